The fraction of sp³-hybridized carbons (Fsp3) is 0.600. The topological polar surface area (TPSA) is 201 Å². The molecule has 0 saturated carbocycles. The van der Waals surface area contributed by atoms with Crippen molar-refractivity contribution in [3.05, 3.63) is 0 Å². The average molecular weight is 358 g/mol. The van der Waals surface area contributed by atoms with Crippen LogP contribution in [-0.2, 0) is 38.7 Å². The Morgan fingerprint density at radius 3 is 1.24 bits per heavy atom. The molecule has 0 radical (unpaired) electrons. The molecular formula is C10H16N2O8Zn. The van der Waals surface area contributed by atoms with Crippen molar-refractivity contribution >= 4 is 23.8 Å². The van der Waals surface area contributed by atoms with E-state index in [1.807, 2.05) is 0 Å². The van der Waals surface area contributed by atoms with E-state index in [2.05, 4.69) is 10.6 Å². The standard InChI is InChI=1S/2C5H7NO3.2H2O.Zn/c2*7-4-2-1-3(6-4)5(8)9;;;/h2*3H,1-2H2,(H,6,7)(H,8,9);2*1H2;/q;;;;+2/p-2. The van der Waals surface area contributed by atoms with E-state index < -0.39 is 24.0 Å². The van der Waals surface area contributed by atoms with Gasteiger partial charge in [0.2, 0.25) is 11.8 Å². The Balaban J connectivity index is -0.000000270. The second-order valence-corrected chi connectivity index (χ2v) is 3.96. The molecule has 10 nitrogen and oxygen atoms in total. The Morgan fingerprint density at radius 2 is 1.14 bits per heavy atom. The molecule has 2 atom stereocenters. The van der Waals surface area contributed by atoms with Crippen molar-refractivity contribution in [3.8, 4) is 0 Å². The summed E-state index contributed by atoms with van der Waals surface area (Å²) in [5, 5.41) is 24.5. The predicted octanol–water partition coefficient (Wildman–Crippen LogP) is -5.62. The normalized spacial score (nSPS) is 22.1. The first-order chi connectivity index (χ1) is 8.40. The van der Waals surface area contributed by atoms with E-state index in [0.717, 1.165) is 0 Å². The number of carboxylic acid groups (broad SMARTS) is 2. The molecule has 2 rings (SSSR count). The van der Waals surface area contributed by atoms with E-state index in [4.69, 9.17) is 0 Å². The molecule has 0 bridgehead atoms. The molecule has 0 aromatic heterocycles. The van der Waals surface area contributed by atoms with Crippen LogP contribution >= 0.6 is 0 Å². The fourth-order valence-electron chi connectivity index (χ4n) is 1.58. The van der Waals surface area contributed by atoms with Crippen molar-refractivity contribution in [2.45, 2.75) is 37.8 Å². The number of carbonyl (C=O) groups excluding carboxylic acids is 4. The van der Waals surface area contributed by atoms with Crippen LogP contribution in [0, 0.1) is 0 Å². The van der Waals surface area contributed by atoms with Gasteiger partial charge in [-0.05, 0) is 12.8 Å². The number of hydrogen-bond acceptors (Lipinski definition) is 6. The maximum Gasteiger partial charge on any atom is 2.00 e. The first kappa shape index (κ1) is 24.4. The first-order valence-electron chi connectivity index (χ1n) is 5.40. The summed E-state index contributed by atoms with van der Waals surface area (Å²) in [5.74, 6) is -2.80. The third-order valence-corrected chi connectivity index (χ3v) is 2.56. The monoisotopic (exact) mass is 356 g/mol. The fourth-order valence-corrected chi connectivity index (χ4v) is 1.58. The van der Waals surface area contributed by atoms with Crippen molar-refractivity contribution in [2.24, 2.45) is 0 Å². The molecule has 11 heteroatoms. The molecule has 0 spiro atoms. The first-order valence-corrected chi connectivity index (χ1v) is 5.40. The molecule has 2 amide bonds. The van der Waals surface area contributed by atoms with Crippen molar-refractivity contribution < 1.29 is 59.8 Å². The number of rotatable bonds is 2. The van der Waals surface area contributed by atoms with E-state index in [-0.39, 0.29) is 42.2 Å². The summed E-state index contributed by atoms with van der Waals surface area (Å²) in [6.45, 7) is 0. The second kappa shape index (κ2) is 11.1. The third kappa shape index (κ3) is 8.33. The zero-order valence-electron chi connectivity index (χ0n) is 11.1. The van der Waals surface area contributed by atoms with E-state index >= 15 is 0 Å². The molecule has 2 aliphatic rings. The van der Waals surface area contributed by atoms with Crippen molar-refractivity contribution in [3.63, 3.8) is 0 Å². The number of hydrogen-bond donors (Lipinski definition) is 2. The Labute approximate surface area is 132 Å². The zero-order valence-corrected chi connectivity index (χ0v) is 14.1. The molecule has 0 aromatic carbocycles. The van der Waals surface area contributed by atoms with Gasteiger partial charge in [0.1, 0.15) is 0 Å². The molecular weight excluding hydrogens is 342 g/mol. The largest absolute Gasteiger partial charge is 2.00 e. The summed E-state index contributed by atoms with van der Waals surface area (Å²) in [7, 11) is 0. The molecule has 6 N–H and O–H groups in total. The van der Waals surface area contributed by atoms with Gasteiger partial charge in [-0.2, -0.15) is 0 Å². The zero-order chi connectivity index (χ0) is 13.7. The van der Waals surface area contributed by atoms with Gasteiger partial charge in [-0.3, -0.25) is 9.59 Å². The van der Waals surface area contributed by atoms with Crippen molar-refractivity contribution in [1.82, 2.24) is 10.6 Å². The maximum absolute atomic E-state index is 10.4. The van der Waals surface area contributed by atoms with Crippen LogP contribution in [0.2, 0.25) is 0 Å². The quantitative estimate of drug-likeness (QED) is 0.461. The smallest absolute Gasteiger partial charge is 0.548 e. The Hall–Kier alpha value is -1.58. The molecule has 21 heavy (non-hydrogen) atoms. The van der Waals surface area contributed by atoms with Crippen LogP contribution in [0.25, 0.3) is 0 Å². The van der Waals surface area contributed by atoms with Gasteiger partial charge < -0.3 is 41.4 Å². The van der Waals surface area contributed by atoms with Gasteiger partial charge in [-0.25, -0.2) is 0 Å². The van der Waals surface area contributed by atoms with Gasteiger partial charge in [-0.1, -0.05) is 0 Å². The molecule has 2 heterocycles. The van der Waals surface area contributed by atoms with E-state index in [1.165, 1.54) is 0 Å². The Kier molecular flexibility index (Phi) is 12.9. The number of aliphatic carboxylic acids is 2. The van der Waals surface area contributed by atoms with Crippen LogP contribution in [-0.4, -0.2) is 46.8 Å². The van der Waals surface area contributed by atoms with Crippen LogP contribution in [0.3, 0.4) is 0 Å². The van der Waals surface area contributed by atoms with E-state index in [1.54, 1.807) is 0 Å². The van der Waals surface area contributed by atoms with Gasteiger partial charge in [0, 0.05) is 12.8 Å². The summed E-state index contributed by atoms with van der Waals surface area (Å²) in [6.07, 6.45) is 1.33. The van der Waals surface area contributed by atoms with E-state index in [0.29, 0.717) is 25.7 Å². The molecule has 0 aliphatic carbocycles. The van der Waals surface area contributed by atoms with Gasteiger partial charge in [0.25, 0.3) is 0 Å². The van der Waals surface area contributed by atoms with Crippen molar-refractivity contribution in [2.75, 3.05) is 0 Å². The molecule has 2 fully saturated rings. The van der Waals surface area contributed by atoms with Gasteiger partial charge in [-0.15, -0.1) is 0 Å². The van der Waals surface area contributed by atoms with Crippen LogP contribution in [0.1, 0.15) is 25.7 Å². The number of carboxylic acids is 2. The minimum atomic E-state index is -1.19. The van der Waals surface area contributed by atoms with Gasteiger partial charge in [0.05, 0.1) is 24.0 Å². The Morgan fingerprint density at radius 1 is 0.857 bits per heavy atom. The third-order valence-electron chi connectivity index (χ3n) is 2.56. The molecule has 2 aliphatic heterocycles. The number of carbonyl (C=O) groups is 4. The van der Waals surface area contributed by atoms with Crippen LogP contribution < -0.4 is 20.8 Å². The SMILES string of the molecule is O.O.O=C1CCC(C(=O)[O-])N1.O=C1CCC(C(=O)[O-])N1.[Zn+2]. The average Bonchev–Trinajstić information content (AvgIpc) is 2.88. The van der Waals surface area contributed by atoms with E-state index in [9.17, 15) is 29.4 Å². The number of nitrogens with one attached hydrogen (secondary N) is 2. The summed E-state index contributed by atoms with van der Waals surface area (Å²) < 4.78 is 0. The predicted molar refractivity (Wildman–Crippen MR) is 59.6 cm³/mol. The maximum atomic E-state index is 10.4. The summed E-state index contributed by atoms with van der Waals surface area (Å²) >= 11 is 0. The minimum Gasteiger partial charge on any atom is -0.548 e. The van der Waals surface area contributed by atoms with Crippen molar-refractivity contribution in [1.29, 1.82) is 0 Å². The molecule has 2 saturated heterocycles. The number of amides is 2. The minimum absolute atomic E-state index is 0. The van der Waals surface area contributed by atoms with Crippen LogP contribution in [0.5, 0.6) is 0 Å². The van der Waals surface area contributed by atoms with Gasteiger partial charge >= 0.3 is 19.5 Å². The van der Waals surface area contributed by atoms with Crippen LogP contribution in [0.4, 0.5) is 0 Å². The molecule has 0 aromatic rings. The Bertz CT molecular complexity index is 353. The van der Waals surface area contributed by atoms with Gasteiger partial charge in [0.15, 0.2) is 0 Å². The molecule has 2 unspecified atom stereocenters. The summed E-state index contributed by atoms with van der Waals surface area (Å²) in [5.41, 5.74) is 0. The summed E-state index contributed by atoms with van der Waals surface area (Å²) in [6, 6.07) is -1.50. The summed E-state index contributed by atoms with van der Waals surface area (Å²) in [4.78, 5) is 40.8. The second-order valence-electron chi connectivity index (χ2n) is 3.96. The van der Waals surface area contributed by atoms with Crippen LogP contribution in [0.15, 0.2) is 0 Å². The molecule has 116 valence electrons.